The summed E-state index contributed by atoms with van der Waals surface area (Å²) in [4.78, 5) is 16.8. The number of hydrogen-bond donors (Lipinski definition) is 1. The van der Waals surface area contributed by atoms with E-state index >= 15 is 0 Å². The molecule has 20 heavy (non-hydrogen) atoms. The van der Waals surface area contributed by atoms with Crippen molar-refractivity contribution in [3.05, 3.63) is 23.8 Å². The molecule has 0 spiro atoms. The molecule has 1 heterocycles. The summed E-state index contributed by atoms with van der Waals surface area (Å²) in [5.74, 6) is 0.0798. The number of anilines is 2. The maximum Gasteiger partial charge on any atom is 0.256 e. The Balaban J connectivity index is 2.25. The third-order valence-corrected chi connectivity index (χ3v) is 4.04. The Labute approximate surface area is 121 Å². The molecule has 4 nitrogen and oxygen atoms in total. The molecule has 1 fully saturated rings. The molecule has 1 saturated heterocycles. The standard InChI is InChI=1S/C16H25N3O/c1-3-18(4-2)13-8-9-15(17)14(12-13)16(20)19-10-6-5-7-11-19/h8-9,12H,3-7,10-11,17H2,1-2H3. The van der Waals surface area contributed by atoms with Crippen LogP contribution >= 0.6 is 0 Å². The molecule has 1 aliphatic heterocycles. The zero-order chi connectivity index (χ0) is 14.5. The van der Waals surface area contributed by atoms with Crippen LogP contribution in [0.15, 0.2) is 18.2 Å². The summed E-state index contributed by atoms with van der Waals surface area (Å²) in [6, 6.07) is 5.79. The van der Waals surface area contributed by atoms with E-state index in [1.165, 1.54) is 6.42 Å². The van der Waals surface area contributed by atoms with E-state index in [0.29, 0.717) is 11.3 Å². The lowest BCUT2D eigenvalue weighted by Crippen LogP contribution is -2.36. The highest BCUT2D eigenvalue weighted by Crippen LogP contribution is 2.24. The Morgan fingerprint density at radius 1 is 1.20 bits per heavy atom. The van der Waals surface area contributed by atoms with Crippen LogP contribution < -0.4 is 10.6 Å². The van der Waals surface area contributed by atoms with Crippen LogP contribution in [0.4, 0.5) is 11.4 Å². The van der Waals surface area contributed by atoms with Gasteiger partial charge >= 0.3 is 0 Å². The van der Waals surface area contributed by atoms with Crippen molar-refractivity contribution < 1.29 is 4.79 Å². The van der Waals surface area contributed by atoms with Gasteiger partial charge in [0.15, 0.2) is 0 Å². The van der Waals surface area contributed by atoms with Crippen LogP contribution in [0, 0.1) is 0 Å². The molecule has 4 heteroatoms. The molecular weight excluding hydrogens is 250 g/mol. The maximum atomic E-state index is 12.6. The molecular formula is C16H25N3O. The van der Waals surface area contributed by atoms with Gasteiger partial charge in [-0.3, -0.25) is 4.79 Å². The van der Waals surface area contributed by atoms with Gasteiger partial charge in [-0.2, -0.15) is 0 Å². The number of hydrogen-bond acceptors (Lipinski definition) is 3. The Morgan fingerprint density at radius 2 is 1.85 bits per heavy atom. The fourth-order valence-electron chi connectivity index (χ4n) is 2.78. The number of piperidine rings is 1. The van der Waals surface area contributed by atoms with Crippen molar-refractivity contribution in [2.75, 3.05) is 36.8 Å². The molecule has 0 atom stereocenters. The van der Waals surface area contributed by atoms with E-state index in [4.69, 9.17) is 5.73 Å². The van der Waals surface area contributed by atoms with Gasteiger partial charge in [-0.1, -0.05) is 0 Å². The molecule has 110 valence electrons. The van der Waals surface area contributed by atoms with Crippen LogP contribution in [0.5, 0.6) is 0 Å². The summed E-state index contributed by atoms with van der Waals surface area (Å²) in [7, 11) is 0. The summed E-state index contributed by atoms with van der Waals surface area (Å²) < 4.78 is 0. The van der Waals surface area contributed by atoms with Crippen LogP contribution in [0.2, 0.25) is 0 Å². The number of nitrogens with two attached hydrogens (primary N) is 1. The smallest absolute Gasteiger partial charge is 0.256 e. The van der Waals surface area contributed by atoms with Crippen LogP contribution in [0.1, 0.15) is 43.5 Å². The van der Waals surface area contributed by atoms with Crippen LogP contribution in [-0.4, -0.2) is 37.0 Å². The normalized spacial score (nSPS) is 15.2. The average molecular weight is 275 g/mol. The lowest BCUT2D eigenvalue weighted by Gasteiger charge is -2.28. The minimum absolute atomic E-state index is 0.0798. The van der Waals surface area contributed by atoms with Gasteiger partial charge < -0.3 is 15.5 Å². The lowest BCUT2D eigenvalue weighted by molar-refractivity contribution is 0.0725. The van der Waals surface area contributed by atoms with E-state index in [-0.39, 0.29) is 5.91 Å². The first-order valence-corrected chi connectivity index (χ1v) is 7.61. The highest BCUT2D eigenvalue weighted by atomic mass is 16.2. The SMILES string of the molecule is CCN(CC)c1ccc(N)c(C(=O)N2CCCCC2)c1. The molecule has 0 bridgehead atoms. The second-order valence-electron chi connectivity index (χ2n) is 5.30. The highest BCUT2D eigenvalue weighted by Gasteiger charge is 2.20. The summed E-state index contributed by atoms with van der Waals surface area (Å²) >= 11 is 0. The first-order valence-electron chi connectivity index (χ1n) is 7.61. The predicted molar refractivity (Wildman–Crippen MR) is 84.2 cm³/mol. The zero-order valence-electron chi connectivity index (χ0n) is 12.6. The number of carbonyl (C=O) groups excluding carboxylic acids is 1. The van der Waals surface area contributed by atoms with Crippen molar-refractivity contribution in [3.8, 4) is 0 Å². The number of nitrogen functional groups attached to an aromatic ring is 1. The quantitative estimate of drug-likeness (QED) is 0.860. The maximum absolute atomic E-state index is 12.6. The number of rotatable bonds is 4. The van der Waals surface area contributed by atoms with Gasteiger partial charge in [-0.15, -0.1) is 0 Å². The van der Waals surface area contributed by atoms with E-state index < -0.39 is 0 Å². The Hall–Kier alpha value is -1.71. The molecule has 2 N–H and O–H groups in total. The fraction of sp³-hybridized carbons (Fsp3) is 0.562. The summed E-state index contributed by atoms with van der Waals surface area (Å²) in [5, 5.41) is 0. The van der Waals surface area contributed by atoms with Gasteiger partial charge in [-0.05, 0) is 51.3 Å². The van der Waals surface area contributed by atoms with Crippen molar-refractivity contribution in [2.45, 2.75) is 33.1 Å². The second kappa shape index (κ2) is 6.64. The molecule has 2 rings (SSSR count). The van der Waals surface area contributed by atoms with E-state index in [1.54, 1.807) is 0 Å². The Morgan fingerprint density at radius 3 is 2.45 bits per heavy atom. The van der Waals surface area contributed by atoms with Gasteiger partial charge in [0.2, 0.25) is 0 Å². The van der Waals surface area contributed by atoms with E-state index in [1.807, 2.05) is 23.1 Å². The van der Waals surface area contributed by atoms with Crippen molar-refractivity contribution in [1.29, 1.82) is 0 Å². The van der Waals surface area contributed by atoms with Crippen molar-refractivity contribution in [3.63, 3.8) is 0 Å². The van der Waals surface area contributed by atoms with Crippen molar-refractivity contribution in [2.24, 2.45) is 0 Å². The van der Waals surface area contributed by atoms with Crippen LogP contribution in [0.3, 0.4) is 0 Å². The number of amides is 1. The highest BCUT2D eigenvalue weighted by molar-refractivity contribution is 6.00. The largest absolute Gasteiger partial charge is 0.398 e. The van der Waals surface area contributed by atoms with Gasteiger partial charge in [0, 0.05) is 37.6 Å². The Kier molecular flexibility index (Phi) is 4.88. The van der Waals surface area contributed by atoms with E-state index in [9.17, 15) is 4.79 Å². The number of likely N-dealkylation sites (tertiary alicyclic amines) is 1. The summed E-state index contributed by atoms with van der Waals surface area (Å²) in [6.07, 6.45) is 3.42. The monoisotopic (exact) mass is 275 g/mol. The van der Waals surface area contributed by atoms with Crippen molar-refractivity contribution >= 4 is 17.3 Å². The predicted octanol–water partition coefficient (Wildman–Crippen LogP) is 2.74. The number of carbonyl (C=O) groups is 1. The number of benzene rings is 1. The van der Waals surface area contributed by atoms with Crippen LogP contribution in [-0.2, 0) is 0 Å². The summed E-state index contributed by atoms with van der Waals surface area (Å²) in [5.41, 5.74) is 8.32. The van der Waals surface area contributed by atoms with Crippen molar-refractivity contribution in [1.82, 2.24) is 4.90 Å². The zero-order valence-corrected chi connectivity index (χ0v) is 12.6. The molecule has 0 unspecified atom stereocenters. The minimum atomic E-state index is 0.0798. The van der Waals surface area contributed by atoms with Gasteiger partial charge in [-0.25, -0.2) is 0 Å². The third kappa shape index (κ3) is 3.06. The third-order valence-electron chi connectivity index (χ3n) is 4.04. The second-order valence-corrected chi connectivity index (χ2v) is 5.30. The first-order chi connectivity index (χ1) is 9.67. The molecule has 1 aliphatic rings. The molecule has 0 aromatic heterocycles. The molecule has 1 amide bonds. The molecule has 0 radical (unpaired) electrons. The fourth-order valence-corrected chi connectivity index (χ4v) is 2.78. The number of nitrogens with zero attached hydrogens (tertiary/aromatic N) is 2. The van der Waals surface area contributed by atoms with Crippen LogP contribution in [0.25, 0.3) is 0 Å². The molecule has 1 aromatic carbocycles. The molecule has 0 aliphatic carbocycles. The minimum Gasteiger partial charge on any atom is -0.398 e. The average Bonchev–Trinajstić information content (AvgIpc) is 2.50. The molecule has 1 aromatic rings. The van der Waals surface area contributed by atoms with Gasteiger partial charge in [0.05, 0.1) is 5.56 Å². The summed E-state index contributed by atoms with van der Waals surface area (Å²) in [6.45, 7) is 7.80. The Bertz CT molecular complexity index is 463. The van der Waals surface area contributed by atoms with E-state index in [0.717, 1.165) is 44.7 Å². The first kappa shape index (κ1) is 14.7. The van der Waals surface area contributed by atoms with Gasteiger partial charge in [0.1, 0.15) is 0 Å². The van der Waals surface area contributed by atoms with E-state index in [2.05, 4.69) is 18.7 Å². The topological polar surface area (TPSA) is 49.6 Å². The lowest BCUT2D eigenvalue weighted by atomic mass is 10.1. The molecule has 0 saturated carbocycles. The van der Waals surface area contributed by atoms with Gasteiger partial charge in [0.25, 0.3) is 5.91 Å².